The van der Waals surface area contributed by atoms with Gasteiger partial charge in [0.2, 0.25) is 0 Å². The quantitative estimate of drug-likeness (QED) is 0.194. The zero-order chi connectivity index (χ0) is 45.4. The summed E-state index contributed by atoms with van der Waals surface area (Å²) in [6.45, 7) is 16.4. The lowest BCUT2D eigenvalue weighted by Crippen LogP contribution is -2.58. The molecule has 14 nitrogen and oxygen atoms in total. The van der Waals surface area contributed by atoms with Gasteiger partial charge in [-0.3, -0.25) is 4.79 Å². The van der Waals surface area contributed by atoms with Gasteiger partial charge in [-0.2, -0.15) is 0 Å². The maximum absolute atomic E-state index is 14.4. The van der Waals surface area contributed by atoms with Crippen molar-refractivity contribution < 1.29 is 62.4 Å². The molecule has 4 saturated heterocycles. The molecule has 0 aromatic rings. The first kappa shape index (κ1) is 48.6. The molecular formula is C49H75NO13. The van der Waals surface area contributed by atoms with Crippen molar-refractivity contribution in [3.63, 3.8) is 0 Å². The highest BCUT2D eigenvalue weighted by molar-refractivity contribution is 5.78. The van der Waals surface area contributed by atoms with Gasteiger partial charge in [0.15, 0.2) is 18.4 Å². The third-order valence-corrected chi connectivity index (χ3v) is 14.9. The van der Waals surface area contributed by atoms with Crippen LogP contribution < -0.4 is 5.32 Å². The number of esters is 1. The Morgan fingerprint density at radius 2 is 1.63 bits per heavy atom. The second-order valence-corrected chi connectivity index (χ2v) is 19.3. The lowest BCUT2D eigenvalue weighted by molar-refractivity contribution is -0.312. The van der Waals surface area contributed by atoms with E-state index < -0.39 is 66.4 Å². The molecule has 4 fully saturated rings. The van der Waals surface area contributed by atoms with E-state index in [1.807, 2.05) is 39.1 Å². The summed E-state index contributed by atoms with van der Waals surface area (Å²) in [7, 11) is 5.30. The van der Waals surface area contributed by atoms with Crippen LogP contribution in [0.15, 0.2) is 59.3 Å². The minimum absolute atomic E-state index is 0.0411. The number of fused-ring (bicyclic) bond motifs is 2. The van der Waals surface area contributed by atoms with E-state index in [0.717, 1.165) is 12.0 Å². The lowest BCUT2D eigenvalue weighted by atomic mass is 9.71. The fraction of sp³-hybridized carbons (Fsp3) is 0.776. The Bertz CT molecular complexity index is 1750. The van der Waals surface area contributed by atoms with Gasteiger partial charge in [0.1, 0.15) is 35.9 Å². The number of carbonyl (C=O) groups is 1. The van der Waals surface area contributed by atoms with Crippen LogP contribution in [0.5, 0.6) is 0 Å². The average molecular weight is 886 g/mol. The largest absolute Gasteiger partial charge is 0.462 e. The molecule has 3 N–H and O–H groups in total. The van der Waals surface area contributed by atoms with Gasteiger partial charge in [0.25, 0.3) is 0 Å². The van der Waals surface area contributed by atoms with Gasteiger partial charge in [-0.25, -0.2) is 0 Å². The summed E-state index contributed by atoms with van der Waals surface area (Å²) in [4.78, 5) is 14.4. The zero-order valence-electron chi connectivity index (χ0n) is 39.3. The van der Waals surface area contributed by atoms with Crippen LogP contribution in [0.4, 0.5) is 0 Å². The van der Waals surface area contributed by atoms with Crippen molar-refractivity contribution in [3.05, 3.63) is 59.3 Å². The third kappa shape index (κ3) is 10.0. The van der Waals surface area contributed by atoms with Gasteiger partial charge in [0.05, 0.1) is 55.4 Å². The fourth-order valence-electron chi connectivity index (χ4n) is 11.0. The van der Waals surface area contributed by atoms with Crippen molar-refractivity contribution in [1.82, 2.24) is 5.32 Å². The van der Waals surface area contributed by atoms with Crippen LogP contribution in [-0.4, -0.2) is 141 Å². The number of allylic oxidation sites excluding steroid dienone is 2. The number of nitrogens with one attached hydrogen (secondary N) is 1. The SMILES string of the molecule is CC[C@H](C)[C@H]1O[C@]2(C=C[C@@H]1C)C[C@@H]1C[C@@H](C/C=C(\C)[C@@H](O[C@H]3C[C@H](OC)[C@@H](O[C@H]4C[C@H](OC)[C@@H](NC)[C@H](C)O4)[C@H](C)O3)[C@@H](C)/C=C/C=C3CO[C@@H]4[C@H](O)C(C)=C[C@@H](C(=O)O1)[C@]34O)O2. The van der Waals surface area contributed by atoms with Gasteiger partial charge in [-0.1, -0.05) is 70.6 Å². The maximum atomic E-state index is 14.4. The van der Waals surface area contributed by atoms with Crippen LogP contribution in [-0.2, 0) is 52.2 Å². The predicted molar refractivity (Wildman–Crippen MR) is 234 cm³/mol. The van der Waals surface area contributed by atoms with Crippen molar-refractivity contribution in [2.75, 3.05) is 27.9 Å². The number of aliphatic hydroxyl groups is 2. The van der Waals surface area contributed by atoms with Gasteiger partial charge in [-0.15, -0.1) is 0 Å². The number of rotatable bonds is 9. The Morgan fingerprint density at radius 1 is 0.921 bits per heavy atom. The maximum Gasteiger partial charge on any atom is 0.316 e. The molecule has 7 aliphatic rings. The Kier molecular flexibility index (Phi) is 15.7. The number of likely N-dealkylation sites (N-methyl/N-ethyl adjacent to an activating group) is 1. The summed E-state index contributed by atoms with van der Waals surface area (Å²) in [6, 6.07) is 0.0442. The topological polar surface area (TPSA) is 162 Å². The van der Waals surface area contributed by atoms with Crippen LogP contribution >= 0.6 is 0 Å². The van der Waals surface area contributed by atoms with E-state index in [4.69, 9.17) is 47.4 Å². The molecule has 6 aliphatic heterocycles. The number of carbonyl (C=O) groups excluding carboxylic acids is 1. The van der Waals surface area contributed by atoms with Gasteiger partial charge >= 0.3 is 5.97 Å². The molecule has 7 rings (SSSR count). The van der Waals surface area contributed by atoms with Crippen LogP contribution in [0.1, 0.15) is 93.9 Å². The van der Waals surface area contributed by atoms with Gasteiger partial charge in [-0.05, 0) is 69.9 Å². The normalized spacial score (nSPS) is 47.7. The Morgan fingerprint density at radius 3 is 2.35 bits per heavy atom. The van der Waals surface area contributed by atoms with Crippen molar-refractivity contribution >= 4 is 5.97 Å². The van der Waals surface area contributed by atoms with E-state index in [1.54, 1.807) is 33.3 Å². The molecule has 0 unspecified atom stereocenters. The first-order chi connectivity index (χ1) is 30.0. The van der Waals surface area contributed by atoms with E-state index >= 15 is 0 Å². The van der Waals surface area contributed by atoms with Crippen LogP contribution in [0.3, 0.4) is 0 Å². The molecule has 0 aromatic heterocycles. The van der Waals surface area contributed by atoms with E-state index in [-0.39, 0.29) is 67.0 Å². The van der Waals surface area contributed by atoms with Crippen molar-refractivity contribution in [2.45, 2.75) is 191 Å². The molecule has 0 aromatic carbocycles. The van der Waals surface area contributed by atoms with E-state index in [0.29, 0.717) is 43.3 Å². The summed E-state index contributed by atoms with van der Waals surface area (Å²) < 4.78 is 64.6. The molecular weight excluding hydrogens is 811 g/mol. The van der Waals surface area contributed by atoms with E-state index in [9.17, 15) is 15.0 Å². The second kappa shape index (κ2) is 20.3. The summed E-state index contributed by atoms with van der Waals surface area (Å²) in [6.07, 6.45) is 10.7. The third-order valence-electron chi connectivity index (χ3n) is 14.9. The van der Waals surface area contributed by atoms with Crippen molar-refractivity contribution in [3.8, 4) is 0 Å². The standard InChI is InChI=1S/C49H75NO13/c1-12-26(2)44-29(5)18-19-48(63-44)24-35-21-34(62-48)17-16-28(4)43(27(3)14-13-15-33-25-56-46-42(51)30(6)20-36(47(52)59-35)49(33,46)53)60-40-23-38(55-11)45(32(8)58-40)61-39-22-37(54-10)41(50-9)31(7)57-39/h13-16,18-20,26-27,29,31-32,34-46,50-51,53H,12,17,21-25H2,1-11H3/b14-13+,28-16+,33-15?/t26-,27-,29-,31-,32-,34+,35-,36-,37-,38-,39-,40-,41-,42+,43-,44+,45-,46+,48+,49+/m0/s1. The predicted octanol–water partition coefficient (Wildman–Crippen LogP) is 5.60. The molecule has 1 spiro atoms. The van der Waals surface area contributed by atoms with Gasteiger partial charge < -0.3 is 62.9 Å². The van der Waals surface area contributed by atoms with Crippen LogP contribution in [0.2, 0.25) is 0 Å². The average Bonchev–Trinajstić information content (AvgIpc) is 3.60. The summed E-state index contributed by atoms with van der Waals surface area (Å²) >= 11 is 0. The molecule has 63 heavy (non-hydrogen) atoms. The van der Waals surface area contributed by atoms with Crippen LogP contribution in [0, 0.1) is 23.7 Å². The first-order valence-electron chi connectivity index (χ1n) is 23.4. The molecule has 2 bridgehead atoms. The first-order valence-corrected chi connectivity index (χ1v) is 23.4. The Labute approximate surface area is 374 Å². The molecule has 354 valence electrons. The fourth-order valence-corrected chi connectivity index (χ4v) is 11.0. The molecule has 0 amide bonds. The molecule has 20 atom stereocenters. The Hall–Kier alpha value is -2.31. The highest BCUT2D eigenvalue weighted by atomic mass is 16.7. The second-order valence-electron chi connectivity index (χ2n) is 19.3. The molecule has 6 heterocycles. The number of methoxy groups -OCH3 is 2. The molecule has 0 saturated carbocycles. The number of hydrogen-bond acceptors (Lipinski definition) is 14. The van der Waals surface area contributed by atoms with Crippen LogP contribution in [0.25, 0.3) is 0 Å². The molecule has 14 heteroatoms. The highest BCUT2D eigenvalue weighted by Crippen LogP contribution is 2.47. The van der Waals surface area contributed by atoms with Crippen molar-refractivity contribution in [2.24, 2.45) is 23.7 Å². The van der Waals surface area contributed by atoms with Crippen molar-refractivity contribution in [1.29, 1.82) is 0 Å². The monoisotopic (exact) mass is 886 g/mol. The minimum Gasteiger partial charge on any atom is -0.462 e. The van der Waals surface area contributed by atoms with E-state index in [2.05, 4.69) is 52.1 Å². The minimum atomic E-state index is -1.83. The summed E-state index contributed by atoms with van der Waals surface area (Å²) in [5.41, 5.74) is 0.180. The number of aliphatic hydroxyl groups excluding tert-OH is 1. The molecule has 0 radical (unpaired) electrons. The zero-order valence-corrected chi connectivity index (χ0v) is 39.3. The van der Waals surface area contributed by atoms with Gasteiger partial charge in [0, 0.05) is 51.7 Å². The summed E-state index contributed by atoms with van der Waals surface area (Å²) in [5.74, 6) is -2.51. The highest BCUT2D eigenvalue weighted by Gasteiger charge is 2.60. The lowest BCUT2D eigenvalue weighted by Gasteiger charge is -2.48. The smallest absolute Gasteiger partial charge is 0.316 e. The Balaban J connectivity index is 1.18. The number of hydrogen-bond donors (Lipinski definition) is 3. The summed E-state index contributed by atoms with van der Waals surface area (Å²) in [5, 5.41) is 27.1. The number of ether oxygens (including phenoxy) is 10. The van der Waals surface area contributed by atoms with E-state index in [1.165, 1.54) is 0 Å². The molecule has 1 aliphatic carbocycles.